The summed E-state index contributed by atoms with van der Waals surface area (Å²) in [4.78, 5) is 22.2. The van der Waals surface area contributed by atoms with Crippen LogP contribution in [-0.2, 0) is 0 Å². The molecule has 0 bridgehead atoms. The lowest BCUT2D eigenvalue weighted by molar-refractivity contribution is -0.385. The van der Waals surface area contributed by atoms with Crippen LogP contribution >= 0.6 is 11.6 Å². The Labute approximate surface area is 108 Å². The highest BCUT2D eigenvalue weighted by atomic mass is 35.5. The van der Waals surface area contributed by atoms with Gasteiger partial charge in [-0.15, -0.1) is 0 Å². The van der Waals surface area contributed by atoms with Crippen molar-refractivity contribution in [1.29, 1.82) is 0 Å². The number of aliphatic hydroxyl groups excluding tert-OH is 1. The summed E-state index contributed by atoms with van der Waals surface area (Å²) >= 11 is 5.72. The molecule has 6 nitrogen and oxygen atoms in total. The second-order valence-electron chi connectivity index (χ2n) is 4.29. The zero-order valence-corrected chi connectivity index (χ0v) is 10.1. The molecular weight excluding hydrogens is 260 g/mol. The Morgan fingerprint density at radius 1 is 1.56 bits per heavy atom. The molecule has 1 fully saturated rings. The fraction of sp³-hybridized carbons (Fsp3) is 0.364. The van der Waals surface area contributed by atoms with Gasteiger partial charge in [-0.2, -0.15) is 0 Å². The normalized spacial score (nSPS) is 16.1. The van der Waals surface area contributed by atoms with Gasteiger partial charge in [0.25, 0.3) is 5.91 Å². The lowest BCUT2D eigenvalue weighted by Crippen LogP contribution is -2.39. The number of nitrogens with one attached hydrogen (secondary N) is 1. The third kappa shape index (κ3) is 2.30. The fourth-order valence-corrected chi connectivity index (χ4v) is 1.91. The maximum Gasteiger partial charge on any atom is 0.300 e. The van der Waals surface area contributed by atoms with Gasteiger partial charge in [-0.1, -0.05) is 17.7 Å². The smallest absolute Gasteiger partial charge is 0.300 e. The van der Waals surface area contributed by atoms with Crippen molar-refractivity contribution in [2.45, 2.75) is 18.4 Å². The van der Waals surface area contributed by atoms with Crippen molar-refractivity contribution in [2.24, 2.45) is 0 Å². The number of rotatable bonds is 4. The monoisotopic (exact) mass is 270 g/mol. The van der Waals surface area contributed by atoms with Gasteiger partial charge in [0, 0.05) is 0 Å². The van der Waals surface area contributed by atoms with Crippen molar-refractivity contribution >= 4 is 23.2 Å². The Bertz CT molecular complexity index is 514. The van der Waals surface area contributed by atoms with E-state index < -0.39 is 22.1 Å². The van der Waals surface area contributed by atoms with E-state index in [1.165, 1.54) is 18.2 Å². The maximum absolute atomic E-state index is 12.0. The summed E-state index contributed by atoms with van der Waals surface area (Å²) in [6, 6.07) is 4.17. The Morgan fingerprint density at radius 2 is 2.22 bits per heavy atom. The number of nitro groups is 1. The molecule has 0 radical (unpaired) electrons. The van der Waals surface area contributed by atoms with Crippen LogP contribution in [0.2, 0.25) is 5.02 Å². The minimum Gasteiger partial charge on any atom is -0.394 e. The van der Waals surface area contributed by atoms with Crippen molar-refractivity contribution in [3.63, 3.8) is 0 Å². The number of carbonyl (C=O) groups is 1. The highest BCUT2D eigenvalue weighted by Crippen LogP contribution is 2.36. The van der Waals surface area contributed by atoms with E-state index in [1.54, 1.807) is 0 Å². The minimum absolute atomic E-state index is 0.0819. The molecule has 1 amide bonds. The molecule has 1 aromatic carbocycles. The first-order valence-corrected chi connectivity index (χ1v) is 5.73. The predicted molar refractivity (Wildman–Crippen MR) is 64.6 cm³/mol. The molecule has 1 saturated carbocycles. The van der Waals surface area contributed by atoms with Crippen LogP contribution in [0.1, 0.15) is 23.2 Å². The molecule has 0 atom stereocenters. The number of nitro benzene ring substituents is 1. The third-order valence-electron chi connectivity index (χ3n) is 2.95. The highest BCUT2D eigenvalue weighted by Gasteiger charge is 2.44. The Hall–Kier alpha value is -1.66. The van der Waals surface area contributed by atoms with E-state index >= 15 is 0 Å². The van der Waals surface area contributed by atoms with E-state index in [4.69, 9.17) is 16.7 Å². The minimum atomic E-state index is -0.685. The maximum atomic E-state index is 12.0. The summed E-state index contributed by atoms with van der Waals surface area (Å²) in [5.74, 6) is -0.587. The number of para-hydroxylation sites is 1. The van der Waals surface area contributed by atoms with Gasteiger partial charge >= 0.3 is 5.69 Å². The predicted octanol–water partition coefficient (Wildman–Crippen LogP) is 1.50. The number of aliphatic hydroxyl groups is 1. The molecule has 0 saturated heterocycles. The summed E-state index contributed by atoms with van der Waals surface area (Å²) < 4.78 is 0. The molecule has 18 heavy (non-hydrogen) atoms. The molecule has 1 aliphatic rings. The van der Waals surface area contributed by atoms with Crippen LogP contribution in [0.4, 0.5) is 5.69 Å². The largest absolute Gasteiger partial charge is 0.394 e. The molecule has 0 aromatic heterocycles. The van der Waals surface area contributed by atoms with Crippen LogP contribution in [0.5, 0.6) is 0 Å². The molecule has 96 valence electrons. The number of benzene rings is 1. The first-order valence-electron chi connectivity index (χ1n) is 5.35. The van der Waals surface area contributed by atoms with Crippen LogP contribution in [0.3, 0.4) is 0 Å². The molecule has 2 N–H and O–H groups in total. The van der Waals surface area contributed by atoms with E-state index in [1.807, 2.05) is 0 Å². The van der Waals surface area contributed by atoms with E-state index in [0.717, 1.165) is 0 Å². The zero-order chi connectivity index (χ0) is 13.3. The molecule has 0 heterocycles. The lowest BCUT2D eigenvalue weighted by atomic mass is 10.1. The molecule has 0 aliphatic heterocycles. The molecule has 2 rings (SSSR count). The third-order valence-corrected chi connectivity index (χ3v) is 3.25. The van der Waals surface area contributed by atoms with Gasteiger partial charge in [-0.25, -0.2) is 0 Å². The topological polar surface area (TPSA) is 92.5 Å². The van der Waals surface area contributed by atoms with Gasteiger partial charge in [0.2, 0.25) is 0 Å². The first kappa shape index (κ1) is 12.8. The van der Waals surface area contributed by atoms with Gasteiger partial charge in [0.1, 0.15) is 10.6 Å². The summed E-state index contributed by atoms with van der Waals surface area (Å²) in [7, 11) is 0. The lowest BCUT2D eigenvalue weighted by Gasteiger charge is -2.14. The highest BCUT2D eigenvalue weighted by molar-refractivity contribution is 6.33. The number of carbonyl (C=O) groups excluding carboxylic acids is 1. The van der Waals surface area contributed by atoms with E-state index in [2.05, 4.69) is 5.32 Å². The van der Waals surface area contributed by atoms with Gasteiger partial charge in [-0.05, 0) is 25.0 Å². The van der Waals surface area contributed by atoms with Gasteiger partial charge in [0.05, 0.1) is 17.1 Å². The van der Waals surface area contributed by atoms with Crippen molar-refractivity contribution in [3.05, 3.63) is 38.9 Å². The SMILES string of the molecule is O=C(NC1(CO)CC1)c1cccc(Cl)c1[N+](=O)[O-]. The van der Waals surface area contributed by atoms with E-state index in [9.17, 15) is 14.9 Å². The molecule has 7 heteroatoms. The molecule has 1 aromatic rings. The number of halogens is 1. The Balaban J connectivity index is 2.30. The van der Waals surface area contributed by atoms with Crippen LogP contribution < -0.4 is 5.32 Å². The summed E-state index contributed by atoms with van der Waals surface area (Å²) in [5, 5.41) is 22.5. The summed E-state index contributed by atoms with van der Waals surface area (Å²) in [6.07, 6.45) is 1.34. The number of hydrogen-bond acceptors (Lipinski definition) is 4. The zero-order valence-electron chi connectivity index (χ0n) is 9.35. The van der Waals surface area contributed by atoms with Crippen molar-refractivity contribution in [2.75, 3.05) is 6.61 Å². The van der Waals surface area contributed by atoms with E-state index in [-0.39, 0.29) is 17.2 Å². The average Bonchev–Trinajstić information content (AvgIpc) is 3.08. The van der Waals surface area contributed by atoms with E-state index in [0.29, 0.717) is 12.8 Å². The number of hydrogen-bond donors (Lipinski definition) is 2. The molecule has 0 unspecified atom stereocenters. The first-order chi connectivity index (χ1) is 8.49. The van der Waals surface area contributed by atoms with Crippen molar-refractivity contribution in [3.8, 4) is 0 Å². The quantitative estimate of drug-likeness (QED) is 0.640. The number of nitrogens with zero attached hydrogens (tertiary/aromatic N) is 1. The van der Waals surface area contributed by atoms with Crippen LogP contribution in [0, 0.1) is 10.1 Å². The van der Waals surface area contributed by atoms with Crippen LogP contribution in [-0.4, -0.2) is 28.1 Å². The van der Waals surface area contributed by atoms with Crippen LogP contribution in [0.25, 0.3) is 0 Å². The van der Waals surface area contributed by atoms with Gasteiger partial charge in [0.15, 0.2) is 0 Å². The van der Waals surface area contributed by atoms with Crippen LogP contribution in [0.15, 0.2) is 18.2 Å². The second-order valence-corrected chi connectivity index (χ2v) is 4.69. The van der Waals surface area contributed by atoms with Gasteiger partial charge in [-0.3, -0.25) is 14.9 Å². The summed E-state index contributed by atoms with van der Waals surface area (Å²) in [6.45, 7) is -0.174. The number of amides is 1. The molecule has 1 aliphatic carbocycles. The second kappa shape index (κ2) is 4.55. The van der Waals surface area contributed by atoms with Crippen molar-refractivity contribution < 1.29 is 14.8 Å². The van der Waals surface area contributed by atoms with Crippen molar-refractivity contribution in [1.82, 2.24) is 5.32 Å². The summed E-state index contributed by atoms with van der Waals surface area (Å²) in [5.41, 5.74) is -1.12. The van der Waals surface area contributed by atoms with Gasteiger partial charge < -0.3 is 10.4 Å². The average molecular weight is 271 g/mol. The Morgan fingerprint density at radius 3 is 2.72 bits per heavy atom. The fourth-order valence-electron chi connectivity index (χ4n) is 1.67. The molecule has 0 spiro atoms. The Kier molecular flexibility index (Phi) is 3.23. The standard InChI is InChI=1S/C11H11ClN2O4/c12-8-3-1-2-7(9(8)14(17)18)10(16)13-11(6-15)4-5-11/h1-3,15H,4-6H2,(H,13,16). The molecular formula is C11H11ClN2O4.